The molecule has 1 aromatic rings. The molecule has 1 fully saturated rings. The fourth-order valence-electron chi connectivity index (χ4n) is 2.83. The van der Waals surface area contributed by atoms with Crippen LogP contribution in [0.4, 0.5) is 0 Å². The van der Waals surface area contributed by atoms with Crippen LogP contribution >= 0.6 is 0 Å². The Labute approximate surface area is 123 Å². The van der Waals surface area contributed by atoms with Crippen LogP contribution in [0.5, 0.6) is 0 Å². The van der Waals surface area contributed by atoms with E-state index in [2.05, 4.69) is 29.3 Å². The van der Waals surface area contributed by atoms with Gasteiger partial charge >= 0.3 is 0 Å². The van der Waals surface area contributed by atoms with Gasteiger partial charge in [-0.05, 0) is 38.4 Å². The van der Waals surface area contributed by atoms with E-state index < -0.39 is 0 Å². The molecule has 1 aromatic carbocycles. The number of aliphatic hydroxyl groups is 1. The number of hydrogen-bond donors (Lipinski definition) is 2. The summed E-state index contributed by atoms with van der Waals surface area (Å²) in [6.07, 6.45) is 5.07. The van der Waals surface area contributed by atoms with E-state index in [0.29, 0.717) is 0 Å². The average Bonchev–Trinajstić information content (AvgIpc) is 3.34. The van der Waals surface area contributed by atoms with Crippen LogP contribution in [0.1, 0.15) is 38.2 Å². The molecule has 1 saturated carbocycles. The van der Waals surface area contributed by atoms with Crippen LogP contribution < -0.4 is 5.32 Å². The van der Waals surface area contributed by atoms with Crippen LogP contribution in [0.25, 0.3) is 0 Å². The fourth-order valence-corrected chi connectivity index (χ4v) is 2.83. The Morgan fingerprint density at radius 2 is 2.00 bits per heavy atom. The monoisotopic (exact) mass is 276 g/mol. The van der Waals surface area contributed by atoms with Crippen LogP contribution in [0, 0.1) is 0 Å². The van der Waals surface area contributed by atoms with Crippen LogP contribution in [0.3, 0.4) is 0 Å². The summed E-state index contributed by atoms with van der Waals surface area (Å²) >= 11 is 0. The third-order valence-electron chi connectivity index (χ3n) is 4.41. The Bertz CT molecular complexity index is 385. The highest BCUT2D eigenvalue weighted by atomic mass is 16.3. The van der Waals surface area contributed by atoms with Gasteiger partial charge < -0.3 is 10.4 Å². The Kier molecular flexibility index (Phi) is 5.58. The standard InChI is InChI=1S/C17H28N2O/c1-3-4-12-19(16-10-11-16)13-17(14-20,18-2)15-8-6-5-7-9-15/h5-9,16,18,20H,3-4,10-14H2,1-2H3. The van der Waals surface area contributed by atoms with Gasteiger partial charge in [-0.25, -0.2) is 0 Å². The van der Waals surface area contributed by atoms with Gasteiger partial charge in [-0.15, -0.1) is 0 Å². The maximum Gasteiger partial charge on any atom is 0.0795 e. The van der Waals surface area contributed by atoms with E-state index in [4.69, 9.17) is 0 Å². The van der Waals surface area contributed by atoms with E-state index in [0.717, 1.165) is 19.1 Å². The summed E-state index contributed by atoms with van der Waals surface area (Å²) in [4.78, 5) is 2.56. The molecule has 1 aliphatic rings. The molecule has 0 spiro atoms. The maximum absolute atomic E-state index is 10.0. The molecule has 0 aliphatic heterocycles. The highest BCUT2D eigenvalue weighted by Gasteiger charge is 2.37. The van der Waals surface area contributed by atoms with Gasteiger partial charge in [0.1, 0.15) is 0 Å². The number of hydrogen-bond acceptors (Lipinski definition) is 3. The molecule has 2 rings (SSSR count). The molecule has 1 aliphatic carbocycles. The Balaban J connectivity index is 2.14. The van der Waals surface area contributed by atoms with Crippen LogP contribution in [-0.2, 0) is 5.54 Å². The molecule has 112 valence electrons. The van der Waals surface area contributed by atoms with Gasteiger partial charge in [-0.3, -0.25) is 4.90 Å². The zero-order valence-corrected chi connectivity index (χ0v) is 12.8. The summed E-state index contributed by atoms with van der Waals surface area (Å²) in [5.41, 5.74) is 0.824. The van der Waals surface area contributed by atoms with Gasteiger partial charge in [-0.1, -0.05) is 43.7 Å². The molecule has 1 atom stereocenters. The maximum atomic E-state index is 10.0. The molecule has 0 aromatic heterocycles. The molecule has 1 unspecified atom stereocenters. The number of likely N-dealkylation sites (N-methyl/N-ethyl adjacent to an activating group) is 1. The highest BCUT2D eigenvalue weighted by molar-refractivity contribution is 5.25. The average molecular weight is 276 g/mol. The lowest BCUT2D eigenvalue weighted by atomic mass is 9.90. The number of unbranched alkanes of at least 4 members (excludes halogenated alkanes) is 1. The third-order valence-corrected chi connectivity index (χ3v) is 4.41. The Morgan fingerprint density at radius 1 is 1.30 bits per heavy atom. The number of benzene rings is 1. The van der Waals surface area contributed by atoms with Crippen molar-refractivity contribution in [1.29, 1.82) is 0 Å². The number of nitrogens with one attached hydrogen (secondary N) is 1. The summed E-state index contributed by atoms with van der Waals surface area (Å²) in [6.45, 7) is 4.38. The molecular weight excluding hydrogens is 248 g/mol. The molecule has 0 heterocycles. The van der Waals surface area contributed by atoms with E-state index in [1.807, 2.05) is 25.2 Å². The van der Waals surface area contributed by atoms with Gasteiger partial charge in [-0.2, -0.15) is 0 Å². The quantitative estimate of drug-likeness (QED) is 0.727. The number of rotatable bonds is 9. The molecule has 0 saturated heterocycles. The molecule has 0 radical (unpaired) electrons. The zero-order chi connectivity index (χ0) is 14.4. The molecular formula is C17H28N2O. The second kappa shape index (κ2) is 7.21. The second-order valence-corrected chi connectivity index (χ2v) is 5.91. The lowest BCUT2D eigenvalue weighted by Gasteiger charge is -2.37. The van der Waals surface area contributed by atoms with Gasteiger partial charge in [0, 0.05) is 12.6 Å². The van der Waals surface area contributed by atoms with Crippen molar-refractivity contribution in [3.8, 4) is 0 Å². The van der Waals surface area contributed by atoms with Gasteiger partial charge in [0.15, 0.2) is 0 Å². The van der Waals surface area contributed by atoms with Crippen LogP contribution in [0.2, 0.25) is 0 Å². The van der Waals surface area contributed by atoms with Crippen molar-refractivity contribution in [1.82, 2.24) is 10.2 Å². The first-order chi connectivity index (χ1) is 9.75. The molecule has 20 heavy (non-hydrogen) atoms. The first-order valence-electron chi connectivity index (χ1n) is 7.85. The highest BCUT2D eigenvalue weighted by Crippen LogP contribution is 2.31. The topological polar surface area (TPSA) is 35.5 Å². The van der Waals surface area contributed by atoms with Gasteiger partial charge in [0.2, 0.25) is 0 Å². The van der Waals surface area contributed by atoms with Crippen molar-refractivity contribution in [2.75, 3.05) is 26.7 Å². The molecule has 0 bridgehead atoms. The number of aliphatic hydroxyl groups excluding tert-OH is 1. The van der Waals surface area contributed by atoms with Gasteiger partial charge in [0.25, 0.3) is 0 Å². The minimum Gasteiger partial charge on any atom is -0.394 e. The van der Waals surface area contributed by atoms with E-state index in [-0.39, 0.29) is 12.1 Å². The van der Waals surface area contributed by atoms with Crippen molar-refractivity contribution in [2.45, 2.75) is 44.2 Å². The van der Waals surface area contributed by atoms with Crippen LogP contribution in [-0.4, -0.2) is 42.8 Å². The summed E-state index contributed by atoms with van der Waals surface area (Å²) in [5.74, 6) is 0. The first kappa shape index (κ1) is 15.5. The molecule has 3 heteroatoms. The van der Waals surface area contributed by atoms with Crippen molar-refractivity contribution in [2.24, 2.45) is 0 Å². The van der Waals surface area contributed by atoms with E-state index in [1.165, 1.54) is 31.2 Å². The fraction of sp³-hybridized carbons (Fsp3) is 0.647. The zero-order valence-electron chi connectivity index (χ0n) is 12.8. The van der Waals surface area contributed by atoms with Crippen molar-refractivity contribution in [3.05, 3.63) is 35.9 Å². The summed E-state index contributed by atoms with van der Waals surface area (Å²) < 4.78 is 0. The summed E-state index contributed by atoms with van der Waals surface area (Å²) in [5, 5.41) is 13.4. The van der Waals surface area contributed by atoms with Crippen molar-refractivity contribution in [3.63, 3.8) is 0 Å². The lowest BCUT2D eigenvalue weighted by molar-refractivity contribution is 0.107. The third kappa shape index (κ3) is 3.60. The SMILES string of the molecule is CCCCN(CC(CO)(NC)c1ccccc1)C1CC1. The second-order valence-electron chi connectivity index (χ2n) is 5.91. The van der Waals surface area contributed by atoms with E-state index in [1.54, 1.807) is 0 Å². The predicted molar refractivity (Wildman–Crippen MR) is 83.8 cm³/mol. The Morgan fingerprint density at radius 3 is 2.50 bits per heavy atom. The normalized spacial score (nSPS) is 18.2. The predicted octanol–water partition coefficient (Wildman–Crippen LogP) is 2.36. The number of nitrogens with zero attached hydrogens (tertiary/aromatic N) is 1. The smallest absolute Gasteiger partial charge is 0.0795 e. The van der Waals surface area contributed by atoms with Crippen molar-refractivity contribution >= 4 is 0 Å². The van der Waals surface area contributed by atoms with Crippen LogP contribution in [0.15, 0.2) is 30.3 Å². The van der Waals surface area contributed by atoms with Crippen molar-refractivity contribution < 1.29 is 5.11 Å². The van der Waals surface area contributed by atoms with Gasteiger partial charge in [0.05, 0.1) is 12.1 Å². The Hall–Kier alpha value is -0.900. The molecule has 0 amide bonds. The molecule has 3 nitrogen and oxygen atoms in total. The minimum atomic E-state index is -0.350. The van der Waals surface area contributed by atoms with E-state index >= 15 is 0 Å². The summed E-state index contributed by atoms with van der Waals surface area (Å²) in [7, 11) is 1.95. The van der Waals surface area contributed by atoms with E-state index in [9.17, 15) is 5.11 Å². The first-order valence-corrected chi connectivity index (χ1v) is 7.85. The minimum absolute atomic E-state index is 0.128. The molecule has 2 N–H and O–H groups in total. The largest absolute Gasteiger partial charge is 0.394 e. The lowest BCUT2D eigenvalue weighted by Crippen LogP contribution is -2.53. The summed E-state index contributed by atoms with van der Waals surface area (Å²) in [6, 6.07) is 11.1.